The number of hydrogen-bond donors (Lipinski definition) is 1. The van der Waals surface area contributed by atoms with Crippen LogP contribution in [0.25, 0.3) is 11.4 Å². The molecule has 0 atom stereocenters. The van der Waals surface area contributed by atoms with Gasteiger partial charge in [0.05, 0.1) is 13.2 Å². The average Bonchev–Trinajstić information content (AvgIpc) is 2.51. The fourth-order valence-corrected chi connectivity index (χ4v) is 2.17. The van der Waals surface area contributed by atoms with Crippen LogP contribution >= 0.6 is 0 Å². The van der Waals surface area contributed by atoms with Crippen molar-refractivity contribution in [2.45, 2.75) is 13.1 Å². The highest BCUT2D eigenvalue weighted by Crippen LogP contribution is 2.31. The van der Waals surface area contributed by atoms with Gasteiger partial charge in [-0.05, 0) is 12.1 Å². The summed E-state index contributed by atoms with van der Waals surface area (Å²) in [5.74, 6) is 0.159. The van der Waals surface area contributed by atoms with Crippen LogP contribution in [-0.2, 0) is 10.9 Å². The lowest BCUT2D eigenvalue weighted by molar-refractivity contribution is -0.141. The van der Waals surface area contributed by atoms with Gasteiger partial charge in [-0.3, -0.25) is 4.98 Å². The molecule has 122 valence electrons. The molecule has 0 bridgehead atoms. The Kier molecular flexibility index (Phi) is 3.93. The van der Waals surface area contributed by atoms with Crippen molar-refractivity contribution >= 4 is 5.82 Å². The molecule has 5 nitrogen and oxygen atoms in total. The minimum Gasteiger partial charge on any atom is -0.380 e. The minimum atomic E-state index is -4.54. The Morgan fingerprint density at radius 2 is 1.91 bits per heavy atom. The molecule has 1 fully saturated rings. The standard InChI is InChI=1S/C15H15F3N4O/c1-14(8-23-9-14)7-20-12-6-11(15(16,17)18)21-13(22-12)10-2-4-19-5-3-10/h2-6H,7-9H2,1H3,(H,20,21,22). The van der Waals surface area contributed by atoms with E-state index in [1.165, 1.54) is 12.4 Å². The van der Waals surface area contributed by atoms with Gasteiger partial charge in [-0.1, -0.05) is 6.92 Å². The highest BCUT2D eigenvalue weighted by Gasteiger charge is 2.35. The number of pyridine rings is 1. The van der Waals surface area contributed by atoms with Crippen molar-refractivity contribution in [3.63, 3.8) is 0 Å². The molecule has 1 saturated heterocycles. The van der Waals surface area contributed by atoms with Crippen LogP contribution in [0.1, 0.15) is 12.6 Å². The van der Waals surface area contributed by atoms with Gasteiger partial charge in [0.1, 0.15) is 5.82 Å². The van der Waals surface area contributed by atoms with E-state index < -0.39 is 11.9 Å². The molecule has 0 radical (unpaired) electrons. The lowest BCUT2D eigenvalue weighted by Crippen LogP contribution is -2.45. The molecule has 3 rings (SSSR count). The van der Waals surface area contributed by atoms with E-state index in [2.05, 4.69) is 20.3 Å². The average molecular weight is 324 g/mol. The maximum Gasteiger partial charge on any atom is 0.433 e. The topological polar surface area (TPSA) is 59.9 Å². The molecule has 2 aromatic rings. The van der Waals surface area contributed by atoms with Crippen molar-refractivity contribution in [1.82, 2.24) is 15.0 Å². The second-order valence-electron chi connectivity index (χ2n) is 5.85. The largest absolute Gasteiger partial charge is 0.433 e. The molecule has 8 heteroatoms. The van der Waals surface area contributed by atoms with Gasteiger partial charge in [0.2, 0.25) is 0 Å². The smallest absolute Gasteiger partial charge is 0.380 e. The number of ether oxygens (including phenoxy) is 1. The second kappa shape index (κ2) is 5.77. The van der Waals surface area contributed by atoms with Crippen LogP contribution in [0.5, 0.6) is 0 Å². The summed E-state index contributed by atoms with van der Waals surface area (Å²) < 4.78 is 44.3. The predicted octanol–water partition coefficient (Wildman–Crippen LogP) is 3.01. The Hall–Kier alpha value is -2.22. The van der Waals surface area contributed by atoms with Crippen molar-refractivity contribution in [2.75, 3.05) is 25.1 Å². The maximum atomic E-state index is 13.1. The van der Waals surface area contributed by atoms with Gasteiger partial charge in [-0.25, -0.2) is 9.97 Å². The van der Waals surface area contributed by atoms with Crippen LogP contribution in [0.2, 0.25) is 0 Å². The van der Waals surface area contributed by atoms with Crippen LogP contribution in [0.3, 0.4) is 0 Å². The zero-order chi connectivity index (χ0) is 16.5. The van der Waals surface area contributed by atoms with E-state index in [1.807, 2.05) is 6.92 Å². The summed E-state index contributed by atoms with van der Waals surface area (Å²) in [5, 5.41) is 2.96. The van der Waals surface area contributed by atoms with Gasteiger partial charge in [0.15, 0.2) is 11.5 Å². The second-order valence-corrected chi connectivity index (χ2v) is 5.85. The molecule has 2 aromatic heterocycles. The van der Waals surface area contributed by atoms with Gasteiger partial charge < -0.3 is 10.1 Å². The highest BCUT2D eigenvalue weighted by atomic mass is 19.4. The Bertz CT molecular complexity index is 687. The molecule has 0 aliphatic carbocycles. The highest BCUT2D eigenvalue weighted by molar-refractivity contribution is 5.57. The van der Waals surface area contributed by atoms with E-state index in [9.17, 15) is 13.2 Å². The first-order valence-corrected chi connectivity index (χ1v) is 7.04. The fraction of sp³-hybridized carbons (Fsp3) is 0.400. The molecule has 0 unspecified atom stereocenters. The number of halogens is 3. The first kappa shape index (κ1) is 15.7. The summed E-state index contributed by atoms with van der Waals surface area (Å²) in [6.45, 7) is 3.64. The van der Waals surface area contributed by atoms with E-state index >= 15 is 0 Å². The van der Waals surface area contributed by atoms with Gasteiger partial charge in [-0.15, -0.1) is 0 Å². The molecule has 0 saturated carbocycles. The third-order valence-corrected chi connectivity index (χ3v) is 3.55. The molecular formula is C15H15F3N4O. The minimum absolute atomic E-state index is 0.0136. The van der Waals surface area contributed by atoms with E-state index in [1.54, 1.807) is 12.1 Å². The van der Waals surface area contributed by atoms with Gasteiger partial charge in [0, 0.05) is 36.0 Å². The fourth-order valence-electron chi connectivity index (χ4n) is 2.17. The lowest BCUT2D eigenvalue weighted by Gasteiger charge is -2.38. The van der Waals surface area contributed by atoms with E-state index in [-0.39, 0.29) is 17.1 Å². The monoisotopic (exact) mass is 324 g/mol. The number of aromatic nitrogens is 3. The normalized spacial score (nSPS) is 16.7. The number of nitrogens with one attached hydrogen (secondary N) is 1. The molecular weight excluding hydrogens is 309 g/mol. The molecule has 0 spiro atoms. The summed E-state index contributed by atoms with van der Waals surface area (Å²) >= 11 is 0. The first-order valence-electron chi connectivity index (χ1n) is 7.04. The summed E-state index contributed by atoms with van der Waals surface area (Å²) in [6.07, 6.45) is -1.57. The van der Waals surface area contributed by atoms with Crippen LogP contribution < -0.4 is 5.32 Å². The maximum absolute atomic E-state index is 13.1. The summed E-state index contributed by atoms with van der Waals surface area (Å²) in [7, 11) is 0. The van der Waals surface area contributed by atoms with Crippen LogP contribution in [0.15, 0.2) is 30.6 Å². The van der Waals surface area contributed by atoms with E-state index in [4.69, 9.17) is 4.74 Å². The number of anilines is 1. The van der Waals surface area contributed by atoms with Crippen molar-refractivity contribution < 1.29 is 17.9 Å². The first-order chi connectivity index (χ1) is 10.9. The Morgan fingerprint density at radius 1 is 1.22 bits per heavy atom. The molecule has 1 aliphatic heterocycles. The SMILES string of the molecule is CC1(CNc2cc(C(F)(F)F)nc(-c3ccncc3)n2)COC1. The zero-order valence-electron chi connectivity index (χ0n) is 12.4. The number of nitrogens with zero attached hydrogens (tertiary/aromatic N) is 3. The van der Waals surface area contributed by atoms with Gasteiger partial charge in [-0.2, -0.15) is 13.2 Å². The molecule has 1 aliphatic rings. The summed E-state index contributed by atoms with van der Waals surface area (Å²) in [6, 6.07) is 4.06. The van der Waals surface area contributed by atoms with Crippen molar-refractivity contribution in [2.24, 2.45) is 5.41 Å². The third-order valence-electron chi connectivity index (χ3n) is 3.55. The molecule has 1 N–H and O–H groups in total. The zero-order valence-corrected chi connectivity index (χ0v) is 12.4. The number of rotatable bonds is 4. The van der Waals surface area contributed by atoms with E-state index in [0.717, 1.165) is 6.07 Å². The Morgan fingerprint density at radius 3 is 2.48 bits per heavy atom. The third kappa shape index (κ3) is 3.58. The van der Waals surface area contributed by atoms with Crippen LogP contribution in [-0.4, -0.2) is 34.7 Å². The predicted molar refractivity (Wildman–Crippen MR) is 77.7 cm³/mol. The summed E-state index contributed by atoms with van der Waals surface area (Å²) in [4.78, 5) is 11.7. The number of hydrogen-bond acceptors (Lipinski definition) is 5. The van der Waals surface area contributed by atoms with Crippen LogP contribution in [0, 0.1) is 5.41 Å². The molecule has 23 heavy (non-hydrogen) atoms. The van der Waals surface area contributed by atoms with Gasteiger partial charge >= 0.3 is 6.18 Å². The Balaban J connectivity index is 1.91. The van der Waals surface area contributed by atoms with Crippen molar-refractivity contribution in [1.29, 1.82) is 0 Å². The van der Waals surface area contributed by atoms with Gasteiger partial charge in [0.25, 0.3) is 0 Å². The van der Waals surface area contributed by atoms with E-state index in [0.29, 0.717) is 25.3 Å². The lowest BCUT2D eigenvalue weighted by atomic mass is 9.89. The molecule has 3 heterocycles. The molecule has 0 amide bonds. The van der Waals surface area contributed by atoms with Crippen molar-refractivity contribution in [3.8, 4) is 11.4 Å². The summed E-state index contributed by atoms with van der Waals surface area (Å²) in [5.41, 5.74) is -0.579. The number of alkyl halides is 3. The quantitative estimate of drug-likeness (QED) is 0.937. The van der Waals surface area contributed by atoms with Crippen molar-refractivity contribution in [3.05, 3.63) is 36.3 Å². The van der Waals surface area contributed by atoms with Crippen LogP contribution in [0.4, 0.5) is 19.0 Å². The Labute approximate surface area is 130 Å². The molecule has 0 aromatic carbocycles.